The molecule has 3 saturated carbocycles. The molecule has 5 aliphatic heterocycles. The summed E-state index contributed by atoms with van der Waals surface area (Å²) in [6, 6.07) is 0. The van der Waals surface area contributed by atoms with Crippen molar-refractivity contribution >= 4 is 0 Å². The van der Waals surface area contributed by atoms with Crippen molar-refractivity contribution < 1.29 is 144 Å². The SMILES string of the molecule is C[C@H](CC[C@@H](O[C@@H]1O[C@H](CO)[C@@H](O[C@H]2O[C@@H](CO)[C@H](O)[C@@H](O)[C@@H]2O)[C@H](O)[C@H]1O[C@@H]1O[C@H](CO)[C@@H](O)[C@H](O)[C@H]1O)C(C)(C)O)C1CC[C@@]2(C)C3CC=C4C(CC[C@H](O[C@@H]5O[C@H](CO[C@@H]6O[C@H](CO)[C@@H](O)[C@H](O)[C@H]6O)[C@@H](O)[C@H](O)[C@H]5O)C4(C)C)[C@]3(C)[C@H](O)C[C@]12C. The minimum absolute atomic E-state index is 0.0310. The van der Waals surface area contributed by atoms with Gasteiger partial charge in [0.2, 0.25) is 0 Å². The zero-order valence-corrected chi connectivity index (χ0v) is 51.8. The lowest BCUT2D eigenvalue weighted by molar-refractivity contribution is -0.393. The first kappa shape index (κ1) is 71.9. The van der Waals surface area contributed by atoms with Crippen molar-refractivity contribution in [3.63, 3.8) is 0 Å². The van der Waals surface area contributed by atoms with Crippen LogP contribution in [0.2, 0.25) is 0 Å². The molecule has 89 heavy (non-hydrogen) atoms. The van der Waals surface area contributed by atoms with E-state index in [0.29, 0.717) is 32.1 Å². The van der Waals surface area contributed by atoms with Crippen LogP contribution in [-0.2, 0) is 47.4 Å². The van der Waals surface area contributed by atoms with Gasteiger partial charge in [0.05, 0.1) is 56.9 Å². The maximum absolute atomic E-state index is 12.8. The molecule has 35 atom stereocenters. The lowest BCUT2D eigenvalue weighted by atomic mass is 9.38. The van der Waals surface area contributed by atoms with Crippen LogP contribution in [0, 0.1) is 45.3 Å². The van der Waals surface area contributed by atoms with E-state index in [9.17, 15) is 97.0 Å². The largest absolute Gasteiger partial charge is 0.394 e. The Labute approximate surface area is 517 Å². The van der Waals surface area contributed by atoms with E-state index in [1.807, 2.05) is 13.8 Å². The number of aliphatic hydroxyl groups is 19. The molecule has 0 aromatic heterocycles. The van der Waals surface area contributed by atoms with Crippen LogP contribution in [0.25, 0.3) is 0 Å². The van der Waals surface area contributed by atoms with Gasteiger partial charge >= 0.3 is 0 Å². The van der Waals surface area contributed by atoms with E-state index in [2.05, 4.69) is 33.8 Å². The summed E-state index contributed by atoms with van der Waals surface area (Å²) in [5.74, 6) is -0.0172. The lowest BCUT2D eigenvalue weighted by Gasteiger charge is -2.67. The molecule has 3 unspecified atom stereocenters. The summed E-state index contributed by atoms with van der Waals surface area (Å²) in [5.41, 5.74) is -2.49. The Morgan fingerprint density at radius 1 is 0.517 bits per heavy atom. The molecule has 0 spiro atoms. The Morgan fingerprint density at radius 3 is 1.49 bits per heavy atom. The Hall–Kier alpha value is -1.42. The molecular weight excluding hydrogens is 1180 g/mol. The van der Waals surface area contributed by atoms with Gasteiger partial charge in [-0.05, 0) is 99.7 Å². The van der Waals surface area contributed by atoms with Crippen molar-refractivity contribution in [1.82, 2.24) is 0 Å². The number of hydrogen-bond acceptors (Lipinski definition) is 29. The third-order valence-corrected chi connectivity index (χ3v) is 22.9. The van der Waals surface area contributed by atoms with E-state index in [0.717, 1.165) is 18.4 Å². The Morgan fingerprint density at radius 2 is 0.978 bits per heavy atom. The Bertz CT molecular complexity index is 2350. The van der Waals surface area contributed by atoms with Crippen molar-refractivity contribution in [1.29, 1.82) is 0 Å². The number of allylic oxidation sites excluding steroid dienone is 1. The zero-order chi connectivity index (χ0) is 65.5. The van der Waals surface area contributed by atoms with Crippen LogP contribution < -0.4 is 0 Å². The molecule has 0 amide bonds. The first-order valence-corrected chi connectivity index (χ1v) is 31.6. The van der Waals surface area contributed by atoms with E-state index in [1.54, 1.807) is 0 Å². The van der Waals surface area contributed by atoms with Crippen molar-refractivity contribution in [2.75, 3.05) is 33.0 Å². The molecule has 9 rings (SSSR count). The van der Waals surface area contributed by atoms with Gasteiger partial charge in [0.25, 0.3) is 0 Å². The second-order valence-electron chi connectivity index (χ2n) is 28.7. The highest BCUT2D eigenvalue weighted by Crippen LogP contribution is 2.75. The summed E-state index contributed by atoms with van der Waals surface area (Å²) >= 11 is 0. The summed E-state index contributed by atoms with van der Waals surface area (Å²) in [6.45, 7) is 12.3. The van der Waals surface area contributed by atoms with Gasteiger partial charge in [-0.15, -0.1) is 0 Å². The van der Waals surface area contributed by atoms with Gasteiger partial charge in [-0.2, -0.15) is 0 Å². The first-order valence-electron chi connectivity index (χ1n) is 31.6. The molecule has 516 valence electrons. The number of rotatable bonds is 20. The Kier molecular flexibility index (Phi) is 22.3. The smallest absolute Gasteiger partial charge is 0.187 e. The molecule has 4 aliphatic carbocycles. The van der Waals surface area contributed by atoms with Gasteiger partial charge in [-0.3, -0.25) is 0 Å². The fraction of sp³-hybridized carbons (Fsp3) is 0.967. The number of ether oxygens (including phenoxy) is 10. The van der Waals surface area contributed by atoms with Crippen molar-refractivity contribution in [2.45, 2.75) is 284 Å². The quantitative estimate of drug-likeness (QED) is 0.0506. The minimum Gasteiger partial charge on any atom is -0.394 e. The van der Waals surface area contributed by atoms with Crippen LogP contribution in [0.5, 0.6) is 0 Å². The molecular formula is C60H102O29. The van der Waals surface area contributed by atoms with Crippen molar-refractivity contribution in [2.24, 2.45) is 45.3 Å². The Balaban J connectivity index is 0.888. The molecule has 19 N–H and O–H groups in total. The van der Waals surface area contributed by atoms with Gasteiger partial charge in [-0.1, -0.05) is 53.2 Å². The van der Waals surface area contributed by atoms with Crippen molar-refractivity contribution in [3.05, 3.63) is 11.6 Å². The topological polar surface area (TPSA) is 477 Å². The van der Waals surface area contributed by atoms with Crippen molar-refractivity contribution in [3.8, 4) is 0 Å². The average Bonchev–Trinajstić information content (AvgIpc) is 1.66. The number of fused-ring (bicyclic) bond motifs is 5. The third-order valence-electron chi connectivity index (χ3n) is 22.9. The van der Waals surface area contributed by atoms with Crippen LogP contribution in [0.1, 0.15) is 107 Å². The summed E-state index contributed by atoms with van der Waals surface area (Å²) < 4.78 is 59.8. The van der Waals surface area contributed by atoms with E-state index >= 15 is 0 Å². The van der Waals surface area contributed by atoms with Gasteiger partial charge in [0, 0.05) is 10.8 Å². The maximum atomic E-state index is 12.8. The van der Waals surface area contributed by atoms with Gasteiger partial charge < -0.3 is 144 Å². The highest BCUT2D eigenvalue weighted by Gasteiger charge is 2.71. The van der Waals surface area contributed by atoms with Gasteiger partial charge in [0.15, 0.2) is 31.5 Å². The molecule has 29 heteroatoms. The standard InChI is InChI=1S/C60H102O29/c1-23(9-13-35(57(4,5)79)87-55-50(89-54-47(77)42(72)38(68)29(20-63)83-54)48(78)49(30(21-64)84-55)88-53-46(76)41(71)37(67)28(19-62)82-53)24-15-16-58(6)32-12-10-25-26(60(32,8)33(65)17-59(24,58)7)11-14-34(56(25,2)3)86-52-45(75)43(73)39(69)31(85-52)22-80-51-44(74)40(70)36(66)27(18-61)81-51/h10,23-24,26-55,61-79H,9,11-22H2,1-8H3/t23-,24?,26?,27-,28+,29-,30-,31-,32?,33-,34+,35-,36-,37+,38-,39-,40+,41-,42+,43+,44-,45-,46+,47-,48+,49-,50-,51-,52+,53-,54+,55+,58+,59-,60+/m1/s1. The number of aliphatic hydroxyl groups excluding tert-OH is 18. The van der Waals surface area contributed by atoms with E-state index in [-0.39, 0.29) is 35.5 Å². The summed E-state index contributed by atoms with van der Waals surface area (Å²) in [5, 5.41) is 205. The maximum Gasteiger partial charge on any atom is 0.187 e. The zero-order valence-electron chi connectivity index (χ0n) is 51.8. The van der Waals surface area contributed by atoms with Gasteiger partial charge in [0.1, 0.15) is 122 Å². The highest BCUT2D eigenvalue weighted by molar-refractivity contribution is 5.32. The molecule has 29 nitrogen and oxygen atoms in total. The molecule has 8 fully saturated rings. The molecule has 0 radical (unpaired) electrons. The fourth-order valence-electron chi connectivity index (χ4n) is 17.1. The predicted octanol–water partition coefficient (Wildman–Crippen LogP) is -5.41. The molecule has 0 aromatic carbocycles. The summed E-state index contributed by atoms with van der Waals surface area (Å²) in [6.07, 6.45) is -38.0. The van der Waals surface area contributed by atoms with Crippen LogP contribution in [0.15, 0.2) is 11.6 Å². The fourth-order valence-corrected chi connectivity index (χ4v) is 17.1. The third kappa shape index (κ3) is 13.0. The lowest BCUT2D eigenvalue weighted by Crippen LogP contribution is -2.67. The van der Waals surface area contributed by atoms with Crippen LogP contribution in [-0.4, -0.2) is 308 Å². The van der Waals surface area contributed by atoms with Crippen LogP contribution >= 0.6 is 0 Å². The summed E-state index contributed by atoms with van der Waals surface area (Å²) in [7, 11) is 0. The van der Waals surface area contributed by atoms with E-state index in [4.69, 9.17) is 47.4 Å². The van der Waals surface area contributed by atoms with Crippen LogP contribution in [0.4, 0.5) is 0 Å². The second kappa shape index (κ2) is 27.6. The monoisotopic (exact) mass is 1290 g/mol. The van der Waals surface area contributed by atoms with Crippen LogP contribution in [0.3, 0.4) is 0 Å². The molecule has 5 heterocycles. The molecule has 5 saturated heterocycles. The molecule has 0 aromatic rings. The molecule has 9 aliphatic rings. The predicted molar refractivity (Wildman–Crippen MR) is 300 cm³/mol. The second-order valence-corrected chi connectivity index (χ2v) is 28.7. The highest BCUT2D eigenvalue weighted by atomic mass is 16.8. The minimum atomic E-state index is -1.98. The average molecular weight is 1290 g/mol. The van der Waals surface area contributed by atoms with Gasteiger partial charge in [-0.25, -0.2) is 0 Å². The number of hydrogen-bond donors (Lipinski definition) is 19. The summed E-state index contributed by atoms with van der Waals surface area (Å²) in [4.78, 5) is 0. The first-order chi connectivity index (χ1) is 41.7. The van der Waals surface area contributed by atoms with E-state index in [1.165, 1.54) is 13.8 Å². The normalized spacial score (nSPS) is 51.8. The van der Waals surface area contributed by atoms with E-state index < -0.39 is 227 Å². The molecule has 0 bridgehead atoms.